The van der Waals surface area contributed by atoms with Crippen molar-refractivity contribution in [2.45, 2.75) is 12.2 Å². The van der Waals surface area contributed by atoms with E-state index in [9.17, 15) is 0 Å². The number of benzene rings is 2. The highest BCUT2D eigenvalue weighted by atomic mass is 127. The highest BCUT2D eigenvalue weighted by Crippen LogP contribution is 2.27. The lowest BCUT2D eigenvalue weighted by Gasteiger charge is -2.35. The van der Waals surface area contributed by atoms with Gasteiger partial charge in [0.05, 0.1) is 34.4 Å². The third-order valence-corrected chi connectivity index (χ3v) is 4.07. The van der Waals surface area contributed by atoms with Crippen LogP contribution in [0.5, 0.6) is 0 Å². The number of halogens is 1. The molecular formula is C20H26INO2. The fraction of sp³-hybridized carbons (Fsp3) is 0.400. The predicted molar refractivity (Wildman–Crippen MR) is 93.2 cm³/mol. The van der Waals surface area contributed by atoms with Gasteiger partial charge in [0.25, 0.3) is 0 Å². The molecule has 0 radical (unpaired) electrons. The number of hydrogen-bond acceptors (Lipinski definition) is 2. The van der Waals surface area contributed by atoms with Gasteiger partial charge in [0, 0.05) is 0 Å². The van der Waals surface area contributed by atoms with E-state index >= 15 is 0 Å². The number of likely N-dealkylation sites (N-methyl/N-ethyl adjacent to an activating group) is 1. The molecule has 0 N–H and O–H groups in total. The first kappa shape index (κ1) is 19.4. The van der Waals surface area contributed by atoms with Crippen molar-refractivity contribution in [2.75, 3.05) is 40.9 Å². The third kappa shape index (κ3) is 5.28. The van der Waals surface area contributed by atoms with Gasteiger partial charge in [0.2, 0.25) is 0 Å². The summed E-state index contributed by atoms with van der Waals surface area (Å²) >= 11 is 0. The number of ether oxygens (including phenoxy) is 2. The second-order valence-corrected chi connectivity index (χ2v) is 7.25. The van der Waals surface area contributed by atoms with Gasteiger partial charge in [-0.2, -0.15) is 0 Å². The van der Waals surface area contributed by atoms with Gasteiger partial charge in [-0.1, -0.05) is 54.6 Å². The lowest BCUT2D eigenvalue weighted by Crippen LogP contribution is -3.00. The molecule has 3 nitrogen and oxygen atoms in total. The Morgan fingerprint density at radius 2 is 1.50 bits per heavy atom. The van der Waals surface area contributed by atoms with Gasteiger partial charge in [0.15, 0.2) is 0 Å². The Labute approximate surface area is 162 Å². The molecule has 0 saturated carbocycles. The van der Waals surface area contributed by atoms with Gasteiger partial charge in [-0.3, -0.25) is 0 Å². The molecule has 0 unspecified atom stereocenters. The summed E-state index contributed by atoms with van der Waals surface area (Å²) in [5.41, 5.74) is 3.66. The Kier molecular flexibility index (Phi) is 6.80. The minimum absolute atomic E-state index is 0. The average molecular weight is 439 g/mol. The normalized spacial score (nSPS) is 21.1. The average Bonchev–Trinajstić information content (AvgIpc) is 2.55. The summed E-state index contributed by atoms with van der Waals surface area (Å²) in [6.07, 6.45) is 0.188. The summed E-state index contributed by atoms with van der Waals surface area (Å²) in [7, 11) is 6.55. The summed E-state index contributed by atoms with van der Waals surface area (Å²) in [6, 6.07) is 19.1. The Morgan fingerprint density at radius 1 is 0.875 bits per heavy atom. The van der Waals surface area contributed by atoms with Crippen molar-refractivity contribution < 1.29 is 37.9 Å². The van der Waals surface area contributed by atoms with E-state index in [0.717, 1.165) is 11.0 Å². The van der Waals surface area contributed by atoms with Gasteiger partial charge < -0.3 is 37.9 Å². The van der Waals surface area contributed by atoms with Gasteiger partial charge in [-0.05, 0) is 16.7 Å². The number of quaternary nitrogens is 1. The molecule has 1 aliphatic heterocycles. The maximum Gasteiger partial charge on any atom is 0.130 e. The molecule has 2 aromatic rings. The second kappa shape index (κ2) is 8.43. The van der Waals surface area contributed by atoms with E-state index in [1.54, 1.807) is 0 Å². The maximum absolute atomic E-state index is 6.25. The molecule has 130 valence electrons. The topological polar surface area (TPSA) is 18.5 Å². The quantitative estimate of drug-likeness (QED) is 0.511. The summed E-state index contributed by atoms with van der Waals surface area (Å²) < 4.78 is 12.9. The van der Waals surface area contributed by atoms with Crippen LogP contribution in [0.25, 0.3) is 11.1 Å². The van der Waals surface area contributed by atoms with Gasteiger partial charge in [-0.15, -0.1) is 0 Å². The highest BCUT2D eigenvalue weighted by Gasteiger charge is 2.28. The molecule has 0 bridgehead atoms. The van der Waals surface area contributed by atoms with Crippen LogP contribution in [-0.2, 0) is 9.47 Å². The minimum atomic E-state index is 0. The Balaban J connectivity index is 0.00000208. The molecule has 3 rings (SSSR count). The van der Waals surface area contributed by atoms with Crippen LogP contribution < -0.4 is 24.0 Å². The molecule has 4 heteroatoms. The van der Waals surface area contributed by atoms with Crippen molar-refractivity contribution in [1.29, 1.82) is 0 Å². The first-order chi connectivity index (χ1) is 11.0. The van der Waals surface area contributed by atoms with E-state index in [0.29, 0.717) is 13.2 Å². The van der Waals surface area contributed by atoms with Gasteiger partial charge >= 0.3 is 0 Å². The van der Waals surface area contributed by atoms with Crippen molar-refractivity contribution >= 4 is 0 Å². The lowest BCUT2D eigenvalue weighted by atomic mass is 10.0. The monoisotopic (exact) mass is 439 g/mol. The molecule has 2 atom stereocenters. The fourth-order valence-corrected chi connectivity index (χ4v) is 3.02. The van der Waals surface area contributed by atoms with Gasteiger partial charge in [0.1, 0.15) is 18.8 Å². The van der Waals surface area contributed by atoms with Crippen LogP contribution in [-0.4, -0.2) is 51.5 Å². The largest absolute Gasteiger partial charge is 1.00 e. The predicted octanol–water partition coefficient (Wildman–Crippen LogP) is 0.520. The van der Waals surface area contributed by atoms with E-state index in [4.69, 9.17) is 9.47 Å². The summed E-state index contributed by atoms with van der Waals surface area (Å²) in [6.45, 7) is 2.28. The zero-order valence-electron chi connectivity index (χ0n) is 14.6. The molecule has 2 aromatic carbocycles. The summed E-state index contributed by atoms with van der Waals surface area (Å²) in [4.78, 5) is 0. The minimum Gasteiger partial charge on any atom is -1.00 e. The molecule has 0 aliphatic carbocycles. The van der Waals surface area contributed by atoms with Crippen molar-refractivity contribution in [3.63, 3.8) is 0 Å². The molecule has 24 heavy (non-hydrogen) atoms. The summed E-state index contributed by atoms with van der Waals surface area (Å²) in [5, 5.41) is 0. The van der Waals surface area contributed by atoms with E-state index < -0.39 is 0 Å². The fourth-order valence-electron chi connectivity index (χ4n) is 3.02. The Morgan fingerprint density at radius 3 is 2.12 bits per heavy atom. The molecule has 0 amide bonds. The maximum atomic E-state index is 6.25. The smallest absolute Gasteiger partial charge is 0.130 e. The SMILES string of the molecule is C[N+](C)(C)C[C@@H]1COC[C@@H](c2ccc(-c3ccccc3)cc2)O1.[I-]. The molecule has 1 fully saturated rings. The van der Waals surface area contributed by atoms with Crippen LogP contribution in [0.2, 0.25) is 0 Å². The molecule has 1 aliphatic rings. The number of hydrogen-bond donors (Lipinski definition) is 0. The van der Waals surface area contributed by atoms with E-state index in [2.05, 4.69) is 69.7 Å². The highest BCUT2D eigenvalue weighted by molar-refractivity contribution is 5.63. The first-order valence-electron chi connectivity index (χ1n) is 8.20. The van der Waals surface area contributed by atoms with Crippen molar-refractivity contribution in [3.8, 4) is 11.1 Å². The molecule has 1 saturated heterocycles. The second-order valence-electron chi connectivity index (χ2n) is 7.25. The van der Waals surface area contributed by atoms with E-state index in [1.807, 2.05) is 6.07 Å². The lowest BCUT2D eigenvalue weighted by molar-refractivity contribution is -0.874. The number of nitrogens with zero attached hydrogens (tertiary/aromatic N) is 1. The molecule has 1 heterocycles. The van der Waals surface area contributed by atoms with E-state index in [1.165, 1.54) is 16.7 Å². The van der Waals surface area contributed by atoms with Crippen LogP contribution in [0.1, 0.15) is 11.7 Å². The van der Waals surface area contributed by atoms with Crippen LogP contribution in [0.15, 0.2) is 54.6 Å². The molecule has 0 spiro atoms. The zero-order chi connectivity index (χ0) is 16.3. The first-order valence-corrected chi connectivity index (χ1v) is 8.20. The van der Waals surface area contributed by atoms with Gasteiger partial charge in [-0.25, -0.2) is 0 Å². The standard InChI is InChI=1S/C20H26NO2.HI/c1-21(2,3)13-19-14-22-15-20(23-19)18-11-9-17(10-12-18)16-7-5-4-6-8-16;/h4-12,19-20H,13-15H2,1-3H3;1H/q+1;/p-1/t19-,20+;/m1./s1. The van der Waals surface area contributed by atoms with Crippen molar-refractivity contribution in [2.24, 2.45) is 0 Å². The zero-order valence-corrected chi connectivity index (χ0v) is 16.8. The third-order valence-electron chi connectivity index (χ3n) is 4.07. The molecular weight excluding hydrogens is 413 g/mol. The van der Waals surface area contributed by atoms with Crippen molar-refractivity contribution in [1.82, 2.24) is 0 Å². The van der Waals surface area contributed by atoms with Crippen LogP contribution in [0, 0.1) is 0 Å². The Bertz CT molecular complexity index is 622. The van der Waals surface area contributed by atoms with Crippen LogP contribution in [0.4, 0.5) is 0 Å². The number of rotatable bonds is 4. The van der Waals surface area contributed by atoms with E-state index in [-0.39, 0.29) is 36.2 Å². The molecule has 0 aromatic heterocycles. The summed E-state index contributed by atoms with van der Waals surface area (Å²) in [5.74, 6) is 0. The van der Waals surface area contributed by atoms with Crippen LogP contribution in [0.3, 0.4) is 0 Å². The van der Waals surface area contributed by atoms with Crippen molar-refractivity contribution in [3.05, 3.63) is 60.2 Å². The van der Waals surface area contributed by atoms with Crippen LogP contribution >= 0.6 is 0 Å². The Hall–Kier alpha value is -0.950.